The van der Waals surface area contributed by atoms with E-state index < -0.39 is 12.0 Å². The topological polar surface area (TPSA) is 52.9 Å². The molecule has 1 atom stereocenters. The van der Waals surface area contributed by atoms with Gasteiger partial charge in [-0.1, -0.05) is 30.3 Å². The molecule has 1 aromatic rings. The van der Waals surface area contributed by atoms with Crippen molar-refractivity contribution in [2.75, 3.05) is 0 Å². The minimum absolute atomic E-state index is 0.495. The Bertz CT molecular complexity index is 389. The van der Waals surface area contributed by atoms with Gasteiger partial charge in [0.1, 0.15) is 6.04 Å². The van der Waals surface area contributed by atoms with E-state index in [1.54, 1.807) is 11.2 Å². The maximum atomic E-state index is 11.0. The fraction of sp³-hybridized carbons (Fsp3) is 0.333. The van der Waals surface area contributed by atoms with E-state index in [9.17, 15) is 4.79 Å². The van der Waals surface area contributed by atoms with Crippen LogP contribution in [-0.4, -0.2) is 28.3 Å². The predicted molar refractivity (Wildman–Crippen MR) is 61.1 cm³/mol. The number of nitrogens with zero attached hydrogens (tertiary/aromatic N) is 2. The molecule has 4 heteroatoms. The zero-order chi connectivity index (χ0) is 11.4. The summed E-state index contributed by atoms with van der Waals surface area (Å²) in [5.41, 5.74) is 1.08. The van der Waals surface area contributed by atoms with Crippen molar-refractivity contribution in [1.82, 2.24) is 5.01 Å². The van der Waals surface area contributed by atoms with Crippen molar-refractivity contribution in [1.29, 1.82) is 0 Å². The van der Waals surface area contributed by atoms with Crippen molar-refractivity contribution < 1.29 is 9.90 Å². The minimum Gasteiger partial charge on any atom is -0.480 e. The summed E-state index contributed by atoms with van der Waals surface area (Å²) < 4.78 is 0. The zero-order valence-electron chi connectivity index (χ0n) is 8.91. The van der Waals surface area contributed by atoms with E-state index in [1.807, 2.05) is 30.3 Å². The molecule has 0 spiro atoms. The SMILES string of the molecule is O=C(O)[C@@H]1CCC=NN1Cc1ccccc1. The largest absolute Gasteiger partial charge is 0.480 e. The maximum Gasteiger partial charge on any atom is 0.328 e. The Hall–Kier alpha value is -1.84. The Morgan fingerprint density at radius 1 is 1.44 bits per heavy atom. The average Bonchev–Trinajstić information content (AvgIpc) is 2.31. The zero-order valence-corrected chi connectivity index (χ0v) is 8.91. The molecule has 0 bridgehead atoms. The van der Waals surface area contributed by atoms with Crippen molar-refractivity contribution >= 4 is 12.2 Å². The van der Waals surface area contributed by atoms with E-state index >= 15 is 0 Å². The highest BCUT2D eigenvalue weighted by atomic mass is 16.4. The molecular formula is C12H14N2O2. The molecule has 16 heavy (non-hydrogen) atoms. The highest BCUT2D eigenvalue weighted by Gasteiger charge is 2.26. The lowest BCUT2D eigenvalue weighted by Crippen LogP contribution is -2.39. The lowest BCUT2D eigenvalue weighted by atomic mass is 10.1. The molecule has 0 amide bonds. The van der Waals surface area contributed by atoms with Gasteiger partial charge in [-0.25, -0.2) is 4.79 Å². The summed E-state index contributed by atoms with van der Waals surface area (Å²) in [6, 6.07) is 9.28. The number of carboxylic acids is 1. The molecule has 1 aromatic carbocycles. The first-order valence-electron chi connectivity index (χ1n) is 5.33. The van der Waals surface area contributed by atoms with E-state index in [4.69, 9.17) is 5.11 Å². The first kappa shape index (κ1) is 10.7. The molecule has 0 aromatic heterocycles. The predicted octanol–water partition coefficient (Wildman–Crippen LogP) is 1.72. The van der Waals surface area contributed by atoms with Gasteiger partial charge in [0.05, 0.1) is 6.54 Å². The molecular weight excluding hydrogens is 204 g/mol. The lowest BCUT2D eigenvalue weighted by Gasteiger charge is -2.28. The summed E-state index contributed by atoms with van der Waals surface area (Å²) in [5.74, 6) is -0.798. The fourth-order valence-electron chi connectivity index (χ4n) is 1.80. The van der Waals surface area contributed by atoms with E-state index in [1.165, 1.54) is 0 Å². The summed E-state index contributed by atoms with van der Waals surface area (Å²) in [6.45, 7) is 0.550. The van der Waals surface area contributed by atoms with E-state index in [2.05, 4.69) is 5.10 Å². The Morgan fingerprint density at radius 2 is 2.19 bits per heavy atom. The van der Waals surface area contributed by atoms with E-state index in [-0.39, 0.29) is 0 Å². The van der Waals surface area contributed by atoms with Crippen LogP contribution < -0.4 is 0 Å². The van der Waals surface area contributed by atoms with Crippen molar-refractivity contribution in [3.63, 3.8) is 0 Å². The highest BCUT2D eigenvalue weighted by molar-refractivity contribution is 5.75. The van der Waals surface area contributed by atoms with Crippen molar-refractivity contribution in [3.05, 3.63) is 35.9 Å². The third-order valence-corrected chi connectivity index (χ3v) is 2.63. The van der Waals surface area contributed by atoms with Crippen LogP contribution in [0.3, 0.4) is 0 Å². The van der Waals surface area contributed by atoms with Gasteiger partial charge in [0.25, 0.3) is 0 Å². The summed E-state index contributed by atoms with van der Waals surface area (Å²) >= 11 is 0. The molecule has 84 valence electrons. The molecule has 0 aliphatic carbocycles. The maximum absolute atomic E-state index is 11.0. The van der Waals surface area contributed by atoms with Gasteiger partial charge in [-0.3, -0.25) is 5.01 Å². The fourth-order valence-corrected chi connectivity index (χ4v) is 1.80. The van der Waals surface area contributed by atoms with E-state index in [0.29, 0.717) is 13.0 Å². The van der Waals surface area contributed by atoms with Gasteiger partial charge in [-0.15, -0.1) is 0 Å². The lowest BCUT2D eigenvalue weighted by molar-refractivity contribution is -0.144. The Kier molecular flexibility index (Phi) is 3.19. The summed E-state index contributed by atoms with van der Waals surface area (Å²) in [5, 5.41) is 14.9. The molecule has 1 N–H and O–H groups in total. The second-order valence-corrected chi connectivity index (χ2v) is 3.81. The van der Waals surface area contributed by atoms with Gasteiger partial charge in [-0.05, 0) is 18.4 Å². The number of rotatable bonds is 3. The Morgan fingerprint density at radius 3 is 2.88 bits per heavy atom. The van der Waals surface area contributed by atoms with Gasteiger partial charge in [0, 0.05) is 6.21 Å². The highest BCUT2D eigenvalue weighted by Crippen LogP contribution is 2.16. The van der Waals surface area contributed by atoms with Gasteiger partial charge < -0.3 is 5.11 Å². The van der Waals surface area contributed by atoms with Crippen LogP contribution in [-0.2, 0) is 11.3 Å². The minimum atomic E-state index is -0.798. The van der Waals surface area contributed by atoms with Crippen molar-refractivity contribution in [2.45, 2.75) is 25.4 Å². The van der Waals surface area contributed by atoms with Crippen LogP contribution >= 0.6 is 0 Å². The number of aliphatic carboxylic acids is 1. The van der Waals surface area contributed by atoms with Crippen LogP contribution in [0, 0.1) is 0 Å². The van der Waals surface area contributed by atoms with Crippen LogP contribution in [0.15, 0.2) is 35.4 Å². The quantitative estimate of drug-likeness (QED) is 0.840. The second kappa shape index (κ2) is 4.79. The van der Waals surface area contributed by atoms with Crippen LogP contribution in [0.5, 0.6) is 0 Å². The number of carbonyl (C=O) groups is 1. The monoisotopic (exact) mass is 218 g/mol. The molecule has 0 saturated carbocycles. The van der Waals surface area contributed by atoms with Gasteiger partial charge in [0.15, 0.2) is 0 Å². The molecule has 0 radical (unpaired) electrons. The molecule has 1 aliphatic rings. The van der Waals surface area contributed by atoms with Crippen molar-refractivity contribution in [2.24, 2.45) is 5.10 Å². The van der Waals surface area contributed by atoms with Crippen LogP contribution in [0.25, 0.3) is 0 Å². The second-order valence-electron chi connectivity index (χ2n) is 3.81. The van der Waals surface area contributed by atoms with Gasteiger partial charge in [-0.2, -0.15) is 5.10 Å². The molecule has 1 heterocycles. The van der Waals surface area contributed by atoms with Gasteiger partial charge >= 0.3 is 5.97 Å². The van der Waals surface area contributed by atoms with Crippen LogP contribution in [0.1, 0.15) is 18.4 Å². The number of benzene rings is 1. The van der Waals surface area contributed by atoms with Gasteiger partial charge in [0.2, 0.25) is 0 Å². The number of hydrazone groups is 1. The molecule has 4 nitrogen and oxygen atoms in total. The average molecular weight is 218 g/mol. The molecule has 0 saturated heterocycles. The Labute approximate surface area is 94.2 Å². The number of carboxylic acid groups (broad SMARTS) is 1. The number of hydrogen-bond donors (Lipinski definition) is 1. The van der Waals surface area contributed by atoms with Crippen molar-refractivity contribution in [3.8, 4) is 0 Å². The first-order valence-corrected chi connectivity index (χ1v) is 5.33. The van der Waals surface area contributed by atoms with Crippen LogP contribution in [0.2, 0.25) is 0 Å². The third-order valence-electron chi connectivity index (χ3n) is 2.63. The summed E-state index contributed by atoms with van der Waals surface area (Å²) in [7, 11) is 0. The smallest absolute Gasteiger partial charge is 0.328 e. The molecule has 1 aliphatic heterocycles. The van der Waals surface area contributed by atoms with E-state index in [0.717, 1.165) is 12.0 Å². The molecule has 0 unspecified atom stereocenters. The first-order chi connectivity index (χ1) is 7.77. The van der Waals surface area contributed by atoms with Crippen LogP contribution in [0.4, 0.5) is 0 Å². The normalized spacial score (nSPS) is 19.8. The molecule has 0 fully saturated rings. The Balaban J connectivity index is 2.10. The molecule has 2 rings (SSSR count). The third kappa shape index (κ3) is 2.39. The standard InChI is InChI=1S/C12H14N2O2/c15-12(16)11-7-4-8-13-14(11)9-10-5-2-1-3-6-10/h1-3,5-6,8,11H,4,7,9H2,(H,15,16)/t11-/m0/s1. The summed E-state index contributed by atoms with van der Waals surface area (Å²) in [6.07, 6.45) is 3.15. The summed E-state index contributed by atoms with van der Waals surface area (Å²) in [4.78, 5) is 11.0. The number of hydrogen-bond acceptors (Lipinski definition) is 3.